The molecule has 8 nitrogen and oxygen atoms in total. The van der Waals surface area contributed by atoms with Crippen LogP contribution < -0.4 is 27.2 Å². The number of hydrogen-bond donors (Lipinski definition) is 3. The van der Waals surface area contributed by atoms with Gasteiger partial charge in [-0.1, -0.05) is 47.1 Å². The van der Waals surface area contributed by atoms with Crippen LogP contribution in [0.25, 0.3) is 0 Å². The summed E-state index contributed by atoms with van der Waals surface area (Å²) in [6.45, 7) is 10.9. The maximum atomic E-state index is 13.2. The minimum atomic E-state index is -0.634. The molecule has 0 aromatic carbocycles. The van der Waals surface area contributed by atoms with Crippen molar-refractivity contribution in [3.05, 3.63) is 43.2 Å². The molecule has 0 spiro atoms. The molecular formula is C22H35N5O3S. The molecule has 1 unspecified atom stereocenters. The number of aromatic amines is 1. The third-order valence-corrected chi connectivity index (χ3v) is 6.01. The van der Waals surface area contributed by atoms with E-state index in [1.54, 1.807) is 11.3 Å². The molecule has 2 aromatic heterocycles. The van der Waals surface area contributed by atoms with Gasteiger partial charge in [-0.2, -0.15) is 0 Å². The van der Waals surface area contributed by atoms with E-state index in [0.717, 1.165) is 11.3 Å². The Kier molecular flexibility index (Phi) is 9.06. The van der Waals surface area contributed by atoms with E-state index in [1.807, 2.05) is 38.3 Å². The van der Waals surface area contributed by atoms with Gasteiger partial charge < -0.3 is 16.0 Å². The molecule has 4 N–H and O–H groups in total. The zero-order valence-electron chi connectivity index (χ0n) is 19.1. The van der Waals surface area contributed by atoms with E-state index in [1.165, 1.54) is 9.47 Å². The Balaban J connectivity index is 2.36. The van der Waals surface area contributed by atoms with Crippen molar-refractivity contribution >= 4 is 28.7 Å². The van der Waals surface area contributed by atoms with Crippen LogP contribution in [-0.4, -0.2) is 28.5 Å². The van der Waals surface area contributed by atoms with Crippen molar-refractivity contribution in [2.24, 2.45) is 11.8 Å². The van der Waals surface area contributed by atoms with Gasteiger partial charge in [-0.05, 0) is 29.7 Å². The second kappa shape index (κ2) is 11.3. The Morgan fingerprint density at radius 1 is 1.29 bits per heavy atom. The summed E-state index contributed by atoms with van der Waals surface area (Å²) in [7, 11) is 0. The summed E-state index contributed by atoms with van der Waals surface area (Å²) in [5.41, 5.74) is 5.12. The average Bonchev–Trinajstić information content (AvgIpc) is 3.21. The molecule has 9 heteroatoms. The van der Waals surface area contributed by atoms with Gasteiger partial charge >= 0.3 is 5.69 Å². The molecule has 31 heavy (non-hydrogen) atoms. The Hall–Kier alpha value is -2.39. The molecule has 0 aliphatic heterocycles. The number of carbonyl (C=O) groups is 1. The first kappa shape index (κ1) is 24.9. The second-order valence-corrected chi connectivity index (χ2v) is 9.49. The Labute approximate surface area is 187 Å². The largest absolute Gasteiger partial charge is 0.383 e. The molecular weight excluding hydrogens is 414 g/mol. The first-order chi connectivity index (χ1) is 14.7. The summed E-state index contributed by atoms with van der Waals surface area (Å²) in [5.74, 6) is 0.225. The van der Waals surface area contributed by atoms with Crippen LogP contribution in [0.1, 0.15) is 58.4 Å². The highest BCUT2D eigenvalue weighted by Gasteiger charge is 2.25. The number of amides is 1. The summed E-state index contributed by atoms with van der Waals surface area (Å²) >= 11 is 1.64. The molecule has 0 saturated heterocycles. The van der Waals surface area contributed by atoms with E-state index in [-0.39, 0.29) is 41.8 Å². The number of H-pyrrole nitrogens is 1. The molecule has 0 aliphatic carbocycles. The molecule has 2 rings (SSSR count). The Bertz CT molecular complexity index is 963. The average molecular weight is 450 g/mol. The Morgan fingerprint density at radius 2 is 2.00 bits per heavy atom. The highest BCUT2D eigenvalue weighted by Crippen LogP contribution is 2.26. The number of nitrogen functional groups attached to an aromatic ring is 1. The molecule has 0 radical (unpaired) electrons. The van der Waals surface area contributed by atoms with Gasteiger partial charge in [-0.25, -0.2) is 4.79 Å². The number of unbranched alkanes of at least 4 members (excludes halogenated alkanes) is 1. The quantitative estimate of drug-likeness (QED) is 0.488. The zero-order chi connectivity index (χ0) is 23.1. The molecule has 2 heterocycles. The standard InChI is InChI=1S/C22H35N5O3S/c1-6-7-10-26(17(28)12-24-18(15(4)5)16-9-8-11-31-16)19-20(23)27(13-14(2)3)22(30)25-21(19)29/h8-9,11,14-15,18,24H,6-7,10,12-13,23H2,1-5H3,(H,25,29,30). The number of nitrogens with zero attached hydrogens (tertiary/aromatic N) is 2. The third kappa shape index (κ3) is 6.30. The normalized spacial score (nSPS) is 12.5. The first-order valence-corrected chi connectivity index (χ1v) is 11.7. The lowest BCUT2D eigenvalue weighted by molar-refractivity contribution is -0.118. The van der Waals surface area contributed by atoms with Crippen LogP contribution in [0.4, 0.5) is 11.5 Å². The van der Waals surface area contributed by atoms with Crippen LogP contribution in [0.3, 0.4) is 0 Å². The van der Waals surface area contributed by atoms with Crippen molar-refractivity contribution in [3.8, 4) is 0 Å². The fraction of sp³-hybridized carbons (Fsp3) is 0.591. The first-order valence-electron chi connectivity index (χ1n) is 10.9. The number of carbonyl (C=O) groups excluding carboxylic acids is 1. The van der Waals surface area contributed by atoms with Crippen molar-refractivity contribution in [1.29, 1.82) is 0 Å². The van der Waals surface area contributed by atoms with Gasteiger partial charge in [0.1, 0.15) is 5.82 Å². The Morgan fingerprint density at radius 3 is 2.55 bits per heavy atom. The maximum absolute atomic E-state index is 13.2. The summed E-state index contributed by atoms with van der Waals surface area (Å²) in [6.07, 6.45) is 1.57. The fourth-order valence-corrected chi connectivity index (χ4v) is 4.46. The minimum Gasteiger partial charge on any atom is -0.383 e. The highest BCUT2D eigenvalue weighted by atomic mass is 32.1. The molecule has 1 amide bonds. The number of nitrogens with one attached hydrogen (secondary N) is 2. The maximum Gasteiger partial charge on any atom is 0.330 e. The summed E-state index contributed by atoms with van der Waals surface area (Å²) in [6, 6.07) is 4.07. The van der Waals surface area contributed by atoms with Gasteiger partial charge in [-0.15, -0.1) is 11.3 Å². The molecule has 172 valence electrons. The number of thiophene rings is 1. The zero-order valence-corrected chi connectivity index (χ0v) is 19.9. The van der Waals surface area contributed by atoms with Crippen molar-refractivity contribution in [2.75, 3.05) is 23.7 Å². The third-order valence-electron chi connectivity index (χ3n) is 5.06. The molecule has 0 bridgehead atoms. The number of nitrogens with two attached hydrogens (primary N) is 1. The summed E-state index contributed by atoms with van der Waals surface area (Å²) < 4.78 is 1.34. The molecule has 0 fully saturated rings. The summed E-state index contributed by atoms with van der Waals surface area (Å²) in [4.78, 5) is 43.1. The van der Waals surface area contributed by atoms with Gasteiger partial charge in [0.2, 0.25) is 5.91 Å². The van der Waals surface area contributed by atoms with Crippen LogP contribution in [0, 0.1) is 11.8 Å². The molecule has 0 aliphatic rings. The smallest absolute Gasteiger partial charge is 0.330 e. The predicted molar refractivity (Wildman–Crippen MR) is 128 cm³/mol. The number of rotatable bonds is 11. The van der Waals surface area contributed by atoms with E-state index in [9.17, 15) is 14.4 Å². The molecule has 2 aromatic rings. The lowest BCUT2D eigenvalue weighted by Gasteiger charge is -2.27. The van der Waals surface area contributed by atoms with Gasteiger partial charge in [0, 0.05) is 24.0 Å². The van der Waals surface area contributed by atoms with Gasteiger partial charge in [0.05, 0.1) is 6.54 Å². The number of anilines is 2. The lowest BCUT2D eigenvalue weighted by Crippen LogP contribution is -2.45. The van der Waals surface area contributed by atoms with E-state index in [2.05, 4.69) is 24.1 Å². The monoisotopic (exact) mass is 449 g/mol. The van der Waals surface area contributed by atoms with E-state index in [4.69, 9.17) is 5.73 Å². The second-order valence-electron chi connectivity index (χ2n) is 8.51. The van der Waals surface area contributed by atoms with Crippen molar-refractivity contribution in [3.63, 3.8) is 0 Å². The lowest BCUT2D eigenvalue weighted by atomic mass is 10.0. The van der Waals surface area contributed by atoms with E-state index >= 15 is 0 Å². The van der Waals surface area contributed by atoms with Crippen LogP contribution in [0.2, 0.25) is 0 Å². The van der Waals surface area contributed by atoms with Crippen LogP contribution in [0.15, 0.2) is 27.1 Å². The van der Waals surface area contributed by atoms with Gasteiger partial charge in [-0.3, -0.25) is 19.1 Å². The summed E-state index contributed by atoms with van der Waals surface area (Å²) in [5, 5.41) is 5.36. The van der Waals surface area contributed by atoms with Crippen molar-refractivity contribution < 1.29 is 4.79 Å². The predicted octanol–water partition coefficient (Wildman–Crippen LogP) is 2.96. The molecule has 0 saturated carbocycles. The number of hydrogen-bond acceptors (Lipinski definition) is 6. The SMILES string of the molecule is CCCCN(C(=O)CNC(c1cccs1)C(C)C)c1c(N)n(CC(C)C)c(=O)[nH]c1=O. The van der Waals surface area contributed by atoms with E-state index in [0.29, 0.717) is 19.5 Å². The number of aromatic nitrogens is 2. The van der Waals surface area contributed by atoms with E-state index < -0.39 is 11.2 Å². The molecule has 1 atom stereocenters. The van der Waals surface area contributed by atoms with Crippen LogP contribution >= 0.6 is 11.3 Å². The van der Waals surface area contributed by atoms with Crippen molar-refractivity contribution in [1.82, 2.24) is 14.9 Å². The highest BCUT2D eigenvalue weighted by molar-refractivity contribution is 7.10. The van der Waals surface area contributed by atoms with Gasteiger partial charge in [0.25, 0.3) is 5.56 Å². The van der Waals surface area contributed by atoms with Crippen LogP contribution in [-0.2, 0) is 11.3 Å². The fourth-order valence-electron chi connectivity index (χ4n) is 3.49. The topological polar surface area (TPSA) is 113 Å². The van der Waals surface area contributed by atoms with Gasteiger partial charge in [0.15, 0.2) is 5.69 Å². The van der Waals surface area contributed by atoms with Crippen molar-refractivity contribution in [2.45, 2.75) is 60.0 Å². The van der Waals surface area contributed by atoms with Crippen LogP contribution in [0.5, 0.6) is 0 Å². The minimum absolute atomic E-state index is 0.0301.